The van der Waals surface area contributed by atoms with Crippen molar-refractivity contribution in [2.24, 2.45) is 10.7 Å². The summed E-state index contributed by atoms with van der Waals surface area (Å²) in [5, 5.41) is 3.12. The molecule has 0 aliphatic heterocycles. The molecular formula is C21H29N3O2. The van der Waals surface area contributed by atoms with Crippen LogP contribution in [-0.2, 0) is 29.0 Å². The maximum absolute atomic E-state index is 5.99. The van der Waals surface area contributed by atoms with Crippen LogP contribution in [-0.4, -0.2) is 25.8 Å². The van der Waals surface area contributed by atoms with Crippen LogP contribution < -0.4 is 11.1 Å². The lowest BCUT2D eigenvalue weighted by Gasteiger charge is -2.08. The molecule has 2 aromatic carbocycles. The molecule has 0 aliphatic rings. The Balaban J connectivity index is 1.83. The van der Waals surface area contributed by atoms with Gasteiger partial charge in [0.25, 0.3) is 0 Å². The fourth-order valence-electron chi connectivity index (χ4n) is 2.46. The molecule has 5 heteroatoms. The van der Waals surface area contributed by atoms with E-state index in [1.54, 1.807) is 0 Å². The van der Waals surface area contributed by atoms with E-state index in [0.717, 1.165) is 29.8 Å². The summed E-state index contributed by atoms with van der Waals surface area (Å²) in [5.41, 5.74) is 10.5. The average Bonchev–Trinajstić information content (AvgIpc) is 2.67. The topological polar surface area (TPSA) is 68.9 Å². The van der Waals surface area contributed by atoms with Gasteiger partial charge >= 0.3 is 0 Å². The molecule has 2 aromatic rings. The first-order chi connectivity index (χ1) is 12.7. The van der Waals surface area contributed by atoms with E-state index in [4.69, 9.17) is 15.2 Å². The van der Waals surface area contributed by atoms with E-state index < -0.39 is 0 Å². The van der Waals surface area contributed by atoms with Crippen molar-refractivity contribution >= 4 is 11.6 Å². The molecule has 2 rings (SSSR count). The van der Waals surface area contributed by atoms with Gasteiger partial charge in [0, 0.05) is 12.3 Å². The number of ether oxygens (including phenoxy) is 2. The minimum Gasteiger partial charge on any atom is -0.379 e. The lowest BCUT2D eigenvalue weighted by Crippen LogP contribution is -2.22. The summed E-state index contributed by atoms with van der Waals surface area (Å²) < 4.78 is 10.9. The molecule has 0 aliphatic carbocycles. The van der Waals surface area contributed by atoms with Crippen molar-refractivity contribution in [2.45, 2.75) is 33.4 Å². The summed E-state index contributed by atoms with van der Waals surface area (Å²) in [7, 11) is 0. The van der Waals surface area contributed by atoms with Crippen LogP contribution >= 0.6 is 0 Å². The molecule has 3 N–H and O–H groups in total. The molecule has 0 atom stereocenters. The average molecular weight is 355 g/mol. The van der Waals surface area contributed by atoms with Gasteiger partial charge in [-0.05, 0) is 42.2 Å². The number of nitrogens with one attached hydrogen (secondary N) is 1. The molecule has 0 amide bonds. The molecule has 0 fully saturated rings. The number of guanidine groups is 1. The molecule has 26 heavy (non-hydrogen) atoms. The van der Waals surface area contributed by atoms with Gasteiger partial charge in [0.1, 0.15) is 0 Å². The fourth-order valence-corrected chi connectivity index (χ4v) is 2.46. The number of aryl methyl sites for hydroxylation is 1. The fraction of sp³-hybridized carbons (Fsp3) is 0.381. The number of aliphatic imine (C=N–C) groups is 1. The molecular weight excluding hydrogens is 326 g/mol. The number of nitrogens with zero attached hydrogens (tertiary/aromatic N) is 1. The third-order valence-electron chi connectivity index (χ3n) is 3.90. The summed E-state index contributed by atoms with van der Waals surface area (Å²) in [6.45, 7) is 7.16. The Morgan fingerprint density at radius 1 is 0.962 bits per heavy atom. The minimum absolute atomic E-state index is 0.410. The van der Waals surface area contributed by atoms with Crippen LogP contribution in [0.1, 0.15) is 30.5 Å². The molecule has 0 radical (unpaired) electrons. The van der Waals surface area contributed by atoms with Crippen molar-refractivity contribution in [3.05, 3.63) is 65.2 Å². The monoisotopic (exact) mass is 355 g/mol. The number of nitrogens with two attached hydrogens (primary N) is 1. The van der Waals surface area contributed by atoms with Crippen LogP contribution in [0.25, 0.3) is 0 Å². The number of anilines is 1. The van der Waals surface area contributed by atoms with Crippen molar-refractivity contribution < 1.29 is 9.47 Å². The first kappa shape index (κ1) is 19.9. The highest BCUT2D eigenvalue weighted by Crippen LogP contribution is 2.11. The van der Waals surface area contributed by atoms with E-state index in [0.29, 0.717) is 32.3 Å². The molecule has 140 valence electrons. The zero-order valence-corrected chi connectivity index (χ0v) is 15.7. The molecule has 0 saturated carbocycles. The van der Waals surface area contributed by atoms with Crippen LogP contribution in [0.3, 0.4) is 0 Å². The van der Waals surface area contributed by atoms with Gasteiger partial charge in [0.05, 0.1) is 26.4 Å². The second kappa shape index (κ2) is 11.3. The number of rotatable bonds is 10. The van der Waals surface area contributed by atoms with Crippen LogP contribution in [0.4, 0.5) is 5.69 Å². The highest BCUT2D eigenvalue weighted by molar-refractivity contribution is 5.92. The third kappa shape index (κ3) is 7.25. The molecule has 0 spiro atoms. The number of hydrogen-bond donors (Lipinski definition) is 2. The largest absolute Gasteiger partial charge is 0.379 e. The molecule has 0 heterocycles. The van der Waals surface area contributed by atoms with E-state index in [1.807, 2.05) is 37.3 Å². The van der Waals surface area contributed by atoms with Crippen molar-refractivity contribution in [2.75, 3.05) is 25.1 Å². The second-order valence-corrected chi connectivity index (χ2v) is 5.95. The van der Waals surface area contributed by atoms with Crippen molar-refractivity contribution in [3.8, 4) is 0 Å². The maximum Gasteiger partial charge on any atom is 0.193 e. The molecule has 5 nitrogen and oxygen atoms in total. The van der Waals surface area contributed by atoms with E-state index in [9.17, 15) is 0 Å². The summed E-state index contributed by atoms with van der Waals surface area (Å²) in [6.07, 6.45) is 1.02. The van der Waals surface area contributed by atoms with Gasteiger partial charge < -0.3 is 20.5 Å². The van der Waals surface area contributed by atoms with Crippen LogP contribution in [0.2, 0.25) is 0 Å². The molecule has 0 aromatic heterocycles. The molecule has 0 saturated heterocycles. The zero-order chi connectivity index (χ0) is 18.6. The van der Waals surface area contributed by atoms with Crippen molar-refractivity contribution in [1.29, 1.82) is 0 Å². The third-order valence-corrected chi connectivity index (χ3v) is 3.90. The van der Waals surface area contributed by atoms with Crippen LogP contribution in [0.5, 0.6) is 0 Å². The number of benzene rings is 2. The Morgan fingerprint density at radius 3 is 2.42 bits per heavy atom. The quantitative estimate of drug-likeness (QED) is 0.387. The first-order valence-electron chi connectivity index (χ1n) is 9.10. The zero-order valence-electron chi connectivity index (χ0n) is 15.7. The lowest BCUT2D eigenvalue weighted by atomic mass is 10.1. The summed E-state index contributed by atoms with van der Waals surface area (Å²) in [5.74, 6) is 0.410. The Hall–Kier alpha value is -2.37. The van der Waals surface area contributed by atoms with E-state index >= 15 is 0 Å². The minimum atomic E-state index is 0.410. The Kier molecular flexibility index (Phi) is 8.66. The predicted octanol–water partition coefficient (Wildman–Crippen LogP) is 3.73. The van der Waals surface area contributed by atoms with Gasteiger partial charge in [-0.15, -0.1) is 0 Å². The van der Waals surface area contributed by atoms with Gasteiger partial charge in [-0.1, -0.05) is 43.3 Å². The highest BCUT2D eigenvalue weighted by atomic mass is 16.5. The Morgan fingerprint density at radius 2 is 1.69 bits per heavy atom. The van der Waals surface area contributed by atoms with Crippen LogP contribution in [0.15, 0.2) is 53.5 Å². The second-order valence-electron chi connectivity index (χ2n) is 5.95. The van der Waals surface area contributed by atoms with Gasteiger partial charge in [-0.25, -0.2) is 4.99 Å². The normalized spacial score (nSPS) is 11.5. The smallest absolute Gasteiger partial charge is 0.193 e. The lowest BCUT2D eigenvalue weighted by molar-refractivity contribution is 0.0453. The predicted molar refractivity (Wildman–Crippen MR) is 107 cm³/mol. The summed E-state index contributed by atoms with van der Waals surface area (Å²) in [6, 6.07) is 16.4. The maximum atomic E-state index is 5.99. The molecule has 0 unspecified atom stereocenters. The van der Waals surface area contributed by atoms with E-state index in [1.165, 1.54) is 5.56 Å². The highest BCUT2D eigenvalue weighted by Gasteiger charge is 1.99. The van der Waals surface area contributed by atoms with Crippen molar-refractivity contribution in [3.63, 3.8) is 0 Å². The summed E-state index contributed by atoms with van der Waals surface area (Å²) in [4.78, 5) is 4.42. The first-order valence-corrected chi connectivity index (χ1v) is 9.10. The van der Waals surface area contributed by atoms with E-state index in [-0.39, 0.29) is 0 Å². The SMILES string of the molecule is CCOCCOCc1cccc(CN=C(N)Nc2ccc(CC)cc2)c1. The number of hydrogen-bond acceptors (Lipinski definition) is 3. The Labute approximate surface area is 156 Å². The van der Waals surface area contributed by atoms with Gasteiger partial charge in [0.2, 0.25) is 0 Å². The van der Waals surface area contributed by atoms with Gasteiger partial charge in [0.15, 0.2) is 5.96 Å². The van der Waals surface area contributed by atoms with Crippen LogP contribution in [0, 0.1) is 0 Å². The van der Waals surface area contributed by atoms with Crippen molar-refractivity contribution in [1.82, 2.24) is 0 Å². The van der Waals surface area contributed by atoms with E-state index in [2.05, 4.69) is 35.4 Å². The molecule has 0 bridgehead atoms. The van der Waals surface area contributed by atoms with Gasteiger partial charge in [-0.3, -0.25) is 0 Å². The van der Waals surface area contributed by atoms with Gasteiger partial charge in [-0.2, -0.15) is 0 Å². The standard InChI is InChI=1S/C21H29N3O2/c1-3-17-8-10-20(11-9-17)24-21(22)23-15-18-6-5-7-19(14-18)16-26-13-12-25-4-2/h5-11,14H,3-4,12-13,15-16H2,1-2H3,(H3,22,23,24). The Bertz CT molecular complexity index is 684. The summed E-state index contributed by atoms with van der Waals surface area (Å²) >= 11 is 0.